The molecule has 162 valence electrons. The van der Waals surface area contributed by atoms with Crippen molar-refractivity contribution >= 4 is 28.9 Å². The molecule has 2 fully saturated rings. The average molecular weight is 441 g/mol. The van der Waals surface area contributed by atoms with Crippen LogP contribution in [0.5, 0.6) is 0 Å². The Morgan fingerprint density at radius 2 is 1.93 bits per heavy atom. The summed E-state index contributed by atoms with van der Waals surface area (Å²) in [6, 6.07) is 6.99. The second kappa shape index (κ2) is 8.00. The summed E-state index contributed by atoms with van der Waals surface area (Å²) in [5.41, 5.74) is -0.353. The highest BCUT2D eigenvalue weighted by Gasteiger charge is 2.52. The number of fused-ring (bicyclic) bond motifs is 2. The van der Waals surface area contributed by atoms with E-state index in [1.165, 1.54) is 0 Å². The molecule has 8 heteroatoms. The zero-order valence-electron chi connectivity index (χ0n) is 16.6. The van der Waals surface area contributed by atoms with Gasteiger partial charge in [-0.15, -0.1) is 0 Å². The van der Waals surface area contributed by atoms with Crippen molar-refractivity contribution in [2.24, 2.45) is 28.2 Å². The van der Waals surface area contributed by atoms with Gasteiger partial charge in [0.25, 0.3) is 0 Å². The summed E-state index contributed by atoms with van der Waals surface area (Å²) in [4.78, 5) is 16.5. The van der Waals surface area contributed by atoms with Gasteiger partial charge in [0.05, 0.1) is 6.61 Å². The lowest BCUT2D eigenvalue weighted by Gasteiger charge is -2.41. The predicted octanol–water partition coefficient (Wildman–Crippen LogP) is 5.64. The second-order valence-electron chi connectivity index (χ2n) is 8.58. The maximum atomic E-state index is 12.9. The number of hydrogen-bond acceptors (Lipinski definition) is 3. The highest BCUT2D eigenvalue weighted by atomic mass is 35.5. The molecule has 1 saturated carbocycles. The van der Waals surface area contributed by atoms with Crippen LogP contribution in [-0.2, 0) is 9.53 Å². The first-order chi connectivity index (χ1) is 14.2. The number of rotatable bonds is 3. The monoisotopic (exact) mass is 440 g/mol. The van der Waals surface area contributed by atoms with Gasteiger partial charge in [0, 0.05) is 28.0 Å². The zero-order chi connectivity index (χ0) is 21.5. The molecule has 0 aromatic heterocycles. The van der Waals surface area contributed by atoms with Crippen LogP contribution in [0, 0.1) is 23.2 Å². The number of nitrogens with zero attached hydrogens (tertiary/aromatic N) is 1. The van der Waals surface area contributed by atoms with Crippen LogP contribution in [0.25, 0.3) is 0 Å². The van der Waals surface area contributed by atoms with Crippen LogP contribution in [0.2, 0.25) is 5.02 Å². The maximum Gasteiger partial charge on any atom is 0.433 e. The molecule has 0 radical (unpaired) electrons. The lowest BCUT2D eigenvalue weighted by atomic mass is 9.62. The van der Waals surface area contributed by atoms with E-state index in [2.05, 4.69) is 10.3 Å². The van der Waals surface area contributed by atoms with E-state index in [0.29, 0.717) is 17.3 Å². The normalized spacial score (nSPS) is 31.9. The Labute approximate surface area is 178 Å². The predicted molar refractivity (Wildman–Crippen MR) is 109 cm³/mol. The number of aliphatic imine (C=N–C) groups is 1. The molecular weight excluding hydrogens is 417 g/mol. The van der Waals surface area contributed by atoms with E-state index in [0.717, 1.165) is 31.8 Å². The van der Waals surface area contributed by atoms with E-state index in [1.54, 1.807) is 30.3 Å². The lowest BCUT2D eigenvalue weighted by Crippen LogP contribution is -2.39. The summed E-state index contributed by atoms with van der Waals surface area (Å²) in [5, 5.41) is 3.54. The summed E-state index contributed by atoms with van der Waals surface area (Å²) < 4.78 is 44.5. The number of allylic oxidation sites excluding steroid dienone is 1. The summed E-state index contributed by atoms with van der Waals surface area (Å²) >= 11 is 5.88. The molecule has 4 nitrogen and oxygen atoms in total. The molecule has 1 N–H and O–H groups in total. The van der Waals surface area contributed by atoms with E-state index in [-0.39, 0.29) is 29.1 Å². The molecule has 1 aliphatic carbocycles. The Bertz CT molecular complexity index is 858. The van der Waals surface area contributed by atoms with Gasteiger partial charge in [-0.05, 0) is 61.9 Å². The summed E-state index contributed by atoms with van der Waals surface area (Å²) in [5.74, 6) is -0.102. The number of hydrogen-bond donors (Lipinski definition) is 1. The highest BCUT2D eigenvalue weighted by Crippen LogP contribution is 2.53. The molecule has 3 aliphatic rings. The zero-order valence-corrected chi connectivity index (χ0v) is 17.3. The van der Waals surface area contributed by atoms with Crippen LogP contribution in [-0.4, -0.2) is 30.6 Å². The highest BCUT2D eigenvalue weighted by molar-refractivity contribution is 6.30. The second-order valence-corrected chi connectivity index (χ2v) is 9.02. The largest absolute Gasteiger partial charge is 0.433 e. The molecule has 3 atom stereocenters. The number of halogens is 4. The van der Waals surface area contributed by atoms with Gasteiger partial charge in [0.2, 0.25) is 5.91 Å². The number of nitrogens with one attached hydrogen (secondary N) is 1. The van der Waals surface area contributed by atoms with E-state index in [1.807, 2.05) is 6.92 Å². The van der Waals surface area contributed by atoms with E-state index in [4.69, 9.17) is 16.3 Å². The Morgan fingerprint density at radius 1 is 1.27 bits per heavy atom. The number of dihydropyridines is 1. The van der Waals surface area contributed by atoms with Crippen molar-refractivity contribution in [3.63, 3.8) is 0 Å². The molecule has 1 aromatic rings. The third-order valence-electron chi connectivity index (χ3n) is 6.83. The summed E-state index contributed by atoms with van der Waals surface area (Å²) in [6.07, 6.45) is 0.823. The van der Waals surface area contributed by atoms with Crippen molar-refractivity contribution in [3.8, 4) is 0 Å². The third-order valence-corrected chi connectivity index (χ3v) is 7.08. The molecular formula is C22H24ClF3N2O2. The number of amides is 1. The molecule has 4 rings (SSSR count). The van der Waals surface area contributed by atoms with Crippen LogP contribution < -0.4 is 5.32 Å². The number of benzene rings is 1. The topological polar surface area (TPSA) is 50.7 Å². The molecule has 2 aliphatic heterocycles. The van der Waals surface area contributed by atoms with Gasteiger partial charge in [0.15, 0.2) is 6.23 Å². The molecule has 2 heterocycles. The van der Waals surface area contributed by atoms with Gasteiger partial charge in [-0.25, -0.2) is 4.99 Å². The van der Waals surface area contributed by atoms with Crippen LogP contribution in [0.15, 0.2) is 41.4 Å². The van der Waals surface area contributed by atoms with Gasteiger partial charge in [0.1, 0.15) is 5.71 Å². The van der Waals surface area contributed by atoms with E-state index >= 15 is 0 Å². The molecule has 1 amide bonds. The Hall–Kier alpha value is -1.86. The quantitative estimate of drug-likeness (QED) is 0.661. The van der Waals surface area contributed by atoms with Crippen molar-refractivity contribution in [2.45, 2.75) is 45.0 Å². The van der Waals surface area contributed by atoms with E-state index < -0.39 is 18.1 Å². The fourth-order valence-corrected chi connectivity index (χ4v) is 5.04. The third kappa shape index (κ3) is 4.14. The minimum absolute atomic E-state index is 0.0317. The van der Waals surface area contributed by atoms with Crippen molar-refractivity contribution in [1.29, 1.82) is 0 Å². The van der Waals surface area contributed by atoms with Crippen LogP contribution in [0.4, 0.5) is 18.9 Å². The van der Waals surface area contributed by atoms with Gasteiger partial charge < -0.3 is 10.1 Å². The van der Waals surface area contributed by atoms with Gasteiger partial charge in [-0.1, -0.05) is 24.6 Å². The van der Waals surface area contributed by atoms with E-state index in [9.17, 15) is 18.0 Å². The molecule has 1 saturated heterocycles. The van der Waals surface area contributed by atoms with Crippen molar-refractivity contribution < 1.29 is 22.7 Å². The number of anilines is 1. The van der Waals surface area contributed by atoms with Gasteiger partial charge >= 0.3 is 6.18 Å². The van der Waals surface area contributed by atoms with Crippen LogP contribution in [0.1, 0.15) is 32.6 Å². The first-order valence-corrected chi connectivity index (χ1v) is 10.6. The van der Waals surface area contributed by atoms with Crippen molar-refractivity contribution in [3.05, 3.63) is 41.4 Å². The summed E-state index contributed by atoms with van der Waals surface area (Å²) in [6.45, 7) is 2.35. The Morgan fingerprint density at radius 3 is 2.57 bits per heavy atom. The minimum atomic E-state index is -4.45. The van der Waals surface area contributed by atoms with Crippen LogP contribution >= 0.6 is 11.6 Å². The minimum Gasteiger partial charge on any atom is -0.355 e. The molecule has 0 bridgehead atoms. The van der Waals surface area contributed by atoms with Gasteiger partial charge in [-0.3, -0.25) is 4.79 Å². The summed E-state index contributed by atoms with van der Waals surface area (Å²) in [7, 11) is 0. The average Bonchev–Trinajstić information content (AvgIpc) is 3.07. The van der Waals surface area contributed by atoms with Crippen molar-refractivity contribution in [1.82, 2.24) is 0 Å². The molecule has 2 unspecified atom stereocenters. The standard InChI is InChI=1S/C22H24ClF3N2O2/c1-13(19(29)27-16-4-2-15(23)3-5-16)14-8-10-21(11-9-14)12-30-20-17(21)6-7-18(28-20)22(24,25)26/h2-7,13-14,17,20H,8-12H2,1H3,(H,27,29)/t13-,14-,17?,20?,21+/m0/s1. The van der Waals surface area contributed by atoms with Gasteiger partial charge in [-0.2, -0.15) is 13.2 Å². The Balaban J connectivity index is 1.36. The molecule has 30 heavy (non-hydrogen) atoms. The van der Waals surface area contributed by atoms with Crippen molar-refractivity contribution in [2.75, 3.05) is 11.9 Å². The maximum absolute atomic E-state index is 12.9. The molecule has 1 aromatic carbocycles. The SMILES string of the molecule is C[C@H](C(=O)Nc1ccc(Cl)cc1)[C@H]1CC[C@@]2(CC1)COC1N=C(C(F)(F)F)C=CC12. The molecule has 1 spiro atoms. The number of carbonyl (C=O) groups is 1. The smallest absolute Gasteiger partial charge is 0.355 e. The number of ether oxygens (including phenoxy) is 1. The number of carbonyl (C=O) groups excluding carboxylic acids is 1. The number of alkyl halides is 3. The van der Waals surface area contributed by atoms with Crippen LogP contribution in [0.3, 0.4) is 0 Å². The first-order valence-electron chi connectivity index (χ1n) is 10.2. The fourth-order valence-electron chi connectivity index (χ4n) is 4.91. The Kier molecular flexibility index (Phi) is 5.70. The first kappa shape index (κ1) is 21.4. The lowest BCUT2D eigenvalue weighted by molar-refractivity contribution is -0.121. The fraction of sp³-hybridized carbons (Fsp3) is 0.545.